The van der Waals surface area contributed by atoms with Gasteiger partial charge in [-0.25, -0.2) is 4.57 Å². The number of nitro groups is 1. The second-order valence-electron chi connectivity index (χ2n) is 4.37. The van der Waals surface area contributed by atoms with Crippen LogP contribution in [0.3, 0.4) is 0 Å². The zero-order chi connectivity index (χ0) is 14.7. The van der Waals surface area contributed by atoms with E-state index in [0.29, 0.717) is 5.56 Å². The highest BCUT2D eigenvalue weighted by molar-refractivity contribution is 5.41. The van der Waals surface area contributed by atoms with Gasteiger partial charge in [-0.3, -0.25) is 0 Å². The van der Waals surface area contributed by atoms with Crippen LogP contribution in [0.15, 0.2) is 12.3 Å². The molecule has 1 aliphatic heterocycles. The number of aliphatic hydroxyl groups excluding tert-OH is 2. The second kappa shape index (κ2) is 6.02. The highest BCUT2D eigenvalue weighted by Crippen LogP contribution is 2.32. The summed E-state index contributed by atoms with van der Waals surface area (Å²) in [5.41, 5.74) is 5.71. The van der Waals surface area contributed by atoms with Crippen LogP contribution in [0.5, 0.6) is 0 Å². The fraction of sp³-hybridized carbons (Fsp3) is 0.500. The predicted molar refractivity (Wildman–Crippen MR) is 68.6 cm³/mol. The van der Waals surface area contributed by atoms with Crippen molar-refractivity contribution in [3.05, 3.63) is 27.9 Å². The summed E-state index contributed by atoms with van der Waals surface area (Å²) < 4.78 is 6.71. The fourth-order valence-corrected chi connectivity index (χ4v) is 2.12. The van der Waals surface area contributed by atoms with Crippen molar-refractivity contribution in [2.45, 2.75) is 24.9 Å². The summed E-state index contributed by atoms with van der Waals surface area (Å²) in [6.07, 6.45) is -0.634. The Kier molecular flexibility index (Phi) is 4.36. The minimum Gasteiger partial charge on any atom is -0.394 e. The Labute approximate surface area is 114 Å². The third-order valence-corrected chi connectivity index (χ3v) is 3.04. The van der Waals surface area contributed by atoms with Crippen LogP contribution in [0.2, 0.25) is 0 Å². The maximum atomic E-state index is 11.0. The summed E-state index contributed by atoms with van der Waals surface area (Å²) in [6.45, 7) is -0.184. The number of ether oxygens (including phenoxy) is 1. The van der Waals surface area contributed by atoms with Crippen LogP contribution in [0.25, 0.3) is 0 Å². The average Bonchev–Trinajstić information content (AvgIpc) is 2.99. The monoisotopic (exact) mass is 281 g/mol. The van der Waals surface area contributed by atoms with Crippen LogP contribution < -0.4 is 5.73 Å². The number of aliphatic hydroxyl groups is 2. The number of rotatable bonds is 3. The van der Waals surface area contributed by atoms with Crippen LogP contribution in [0.1, 0.15) is 18.2 Å². The van der Waals surface area contributed by atoms with Gasteiger partial charge in [0.15, 0.2) is 0 Å². The van der Waals surface area contributed by atoms with Crippen LogP contribution >= 0.6 is 0 Å². The lowest BCUT2D eigenvalue weighted by atomic mass is 10.2. The first-order valence-corrected chi connectivity index (χ1v) is 6.06. The molecule has 4 N–H and O–H groups in total. The molecular formula is C12H15N3O5. The van der Waals surface area contributed by atoms with Crippen molar-refractivity contribution in [1.29, 1.82) is 0 Å². The van der Waals surface area contributed by atoms with Crippen LogP contribution in [0.4, 0.5) is 5.82 Å². The molecule has 108 valence electrons. The van der Waals surface area contributed by atoms with Crippen LogP contribution in [-0.4, -0.2) is 45.1 Å². The molecule has 3 atom stereocenters. The topological polar surface area (TPSA) is 124 Å². The van der Waals surface area contributed by atoms with Gasteiger partial charge in [0.1, 0.15) is 12.3 Å². The molecule has 1 fully saturated rings. The maximum Gasteiger partial charge on any atom is 0.326 e. The van der Waals surface area contributed by atoms with Gasteiger partial charge in [-0.1, -0.05) is 11.8 Å². The lowest BCUT2D eigenvalue weighted by molar-refractivity contribution is -0.393. The summed E-state index contributed by atoms with van der Waals surface area (Å²) >= 11 is 0. The molecule has 1 aromatic rings. The molecule has 2 heterocycles. The molecule has 0 aromatic carbocycles. The van der Waals surface area contributed by atoms with Gasteiger partial charge in [0.25, 0.3) is 0 Å². The molecule has 0 amide bonds. The Morgan fingerprint density at radius 1 is 1.65 bits per heavy atom. The SMILES string of the molecule is NCC#Cc1cc([N+](=O)[O-])n([C@H]2C[C@H](O)[C@@H](CO)O2)c1. The Balaban J connectivity index is 2.31. The first-order valence-electron chi connectivity index (χ1n) is 6.06. The minimum atomic E-state index is -0.856. The molecule has 0 radical (unpaired) electrons. The molecule has 8 heteroatoms. The molecule has 1 aromatic heterocycles. The van der Waals surface area contributed by atoms with E-state index in [1.807, 2.05) is 0 Å². The summed E-state index contributed by atoms with van der Waals surface area (Å²) in [6, 6.07) is 1.32. The average molecular weight is 281 g/mol. The summed E-state index contributed by atoms with van der Waals surface area (Å²) in [5.74, 6) is 5.15. The quantitative estimate of drug-likeness (QED) is 0.384. The van der Waals surface area contributed by atoms with Crippen molar-refractivity contribution >= 4 is 5.82 Å². The molecule has 0 spiro atoms. The molecule has 2 rings (SSSR count). The maximum absolute atomic E-state index is 11.0. The van der Waals surface area contributed by atoms with Crippen LogP contribution in [0, 0.1) is 22.0 Å². The zero-order valence-corrected chi connectivity index (χ0v) is 10.6. The van der Waals surface area contributed by atoms with Crippen molar-refractivity contribution in [2.24, 2.45) is 5.73 Å². The van der Waals surface area contributed by atoms with Crippen LogP contribution in [-0.2, 0) is 4.74 Å². The lowest BCUT2D eigenvalue weighted by Crippen LogP contribution is -2.24. The molecule has 8 nitrogen and oxygen atoms in total. The van der Waals surface area contributed by atoms with Gasteiger partial charge in [0.05, 0.1) is 30.9 Å². The highest BCUT2D eigenvalue weighted by atomic mass is 16.6. The van der Waals surface area contributed by atoms with E-state index in [4.69, 9.17) is 15.6 Å². The number of hydrogen-bond acceptors (Lipinski definition) is 6. The van der Waals surface area contributed by atoms with Gasteiger partial charge >= 0.3 is 5.82 Å². The number of nitrogens with two attached hydrogens (primary N) is 1. The second-order valence-corrected chi connectivity index (χ2v) is 4.37. The molecule has 1 aliphatic rings. The minimum absolute atomic E-state index is 0.157. The molecule has 0 bridgehead atoms. The van der Waals surface area contributed by atoms with Crippen molar-refractivity contribution < 1.29 is 19.9 Å². The largest absolute Gasteiger partial charge is 0.394 e. The predicted octanol–water partition coefficient (Wildman–Crippen LogP) is -0.653. The third kappa shape index (κ3) is 2.81. The summed E-state index contributed by atoms with van der Waals surface area (Å²) in [5, 5.41) is 29.8. The standard InChI is InChI=1S/C12H15N3O5/c13-3-1-2-8-4-11(15(18)19)14(6-8)12-5-9(17)10(7-16)20-12/h4,6,9-10,12,16-17H,3,5,7,13H2/t9-,10+,12+/m0/s1. The van der Waals surface area contributed by atoms with E-state index in [1.165, 1.54) is 16.8 Å². The Hall–Kier alpha value is -1.92. The highest BCUT2D eigenvalue weighted by Gasteiger charge is 2.38. The van der Waals surface area contributed by atoms with Gasteiger partial charge in [-0.15, -0.1) is 0 Å². The van der Waals surface area contributed by atoms with Gasteiger partial charge in [-0.05, 0) is 4.92 Å². The van der Waals surface area contributed by atoms with E-state index in [2.05, 4.69) is 11.8 Å². The van der Waals surface area contributed by atoms with Crippen molar-refractivity contribution in [1.82, 2.24) is 4.57 Å². The smallest absolute Gasteiger partial charge is 0.326 e. The normalized spacial score (nSPS) is 25.2. The van der Waals surface area contributed by atoms with E-state index < -0.39 is 23.4 Å². The van der Waals surface area contributed by atoms with E-state index in [1.54, 1.807) is 0 Å². The summed E-state index contributed by atoms with van der Waals surface area (Å²) in [4.78, 5) is 10.5. The van der Waals surface area contributed by atoms with E-state index in [-0.39, 0.29) is 25.4 Å². The molecule has 0 saturated carbocycles. The number of hydrogen-bond donors (Lipinski definition) is 3. The van der Waals surface area contributed by atoms with Crippen molar-refractivity contribution in [3.8, 4) is 11.8 Å². The number of nitrogens with zero attached hydrogens (tertiary/aromatic N) is 2. The first kappa shape index (κ1) is 14.5. The van der Waals surface area contributed by atoms with Gasteiger partial charge < -0.3 is 30.8 Å². The zero-order valence-electron chi connectivity index (χ0n) is 10.6. The van der Waals surface area contributed by atoms with E-state index in [9.17, 15) is 15.2 Å². The molecule has 1 saturated heterocycles. The lowest BCUT2D eigenvalue weighted by Gasteiger charge is -2.10. The van der Waals surface area contributed by atoms with E-state index >= 15 is 0 Å². The molecular weight excluding hydrogens is 266 g/mol. The van der Waals surface area contributed by atoms with Gasteiger partial charge in [0, 0.05) is 6.42 Å². The first-order chi connectivity index (χ1) is 9.56. The molecule has 20 heavy (non-hydrogen) atoms. The Bertz CT molecular complexity index is 559. The van der Waals surface area contributed by atoms with Gasteiger partial charge in [-0.2, -0.15) is 0 Å². The summed E-state index contributed by atoms with van der Waals surface area (Å²) in [7, 11) is 0. The Morgan fingerprint density at radius 2 is 2.40 bits per heavy atom. The van der Waals surface area contributed by atoms with Crippen molar-refractivity contribution in [3.63, 3.8) is 0 Å². The Morgan fingerprint density at radius 3 is 2.95 bits per heavy atom. The third-order valence-electron chi connectivity index (χ3n) is 3.04. The van der Waals surface area contributed by atoms with Gasteiger partial charge in [0.2, 0.25) is 6.23 Å². The molecule has 0 unspecified atom stereocenters. The molecule has 0 aliphatic carbocycles. The number of aromatic nitrogens is 1. The fourth-order valence-electron chi connectivity index (χ4n) is 2.12. The van der Waals surface area contributed by atoms with Crippen molar-refractivity contribution in [2.75, 3.05) is 13.2 Å². The van der Waals surface area contributed by atoms with E-state index in [0.717, 1.165) is 0 Å².